The van der Waals surface area contributed by atoms with Crippen LogP contribution in [0.25, 0.3) is 0 Å². The Morgan fingerprint density at radius 3 is 2.70 bits per heavy atom. The van der Waals surface area contributed by atoms with Crippen molar-refractivity contribution in [2.45, 2.75) is 37.1 Å². The van der Waals surface area contributed by atoms with Crippen LogP contribution in [0, 0.1) is 12.8 Å². The minimum atomic E-state index is -3.55. The van der Waals surface area contributed by atoms with Crippen LogP contribution in [-0.2, 0) is 28.0 Å². The summed E-state index contributed by atoms with van der Waals surface area (Å²) in [5.41, 5.74) is 1.94. The van der Waals surface area contributed by atoms with Crippen molar-refractivity contribution < 1.29 is 17.9 Å². The highest BCUT2D eigenvalue weighted by Crippen LogP contribution is 2.28. The van der Waals surface area contributed by atoms with Crippen molar-refractivity contribution in [3.05, 3.63) is 76.9 Å². The number of nitrogens with zero attached hydrogens (tertiary/aromatic N) is 2. The molecule has 1 unspecified atom stereocenters. The molecule has 1 N–H and O–H groups in total. The number of carbonyl (C=O) groups is 1. The third kappa shape index (κ3) is 5.98. The monoisotopic (exact) mass is 485 g/mol. The van der Waals surface area contributed by atoms with E-state index < -0.39 is 10.0 Å². The van der Waals surface area contributed by atoms with Gasteiger partial charge in [0.25, 0.3) is 10.0 Å². The Morgan fingerprint density at radius 2 is 2.00 bits per heavy atom. The third-order valence-corrected chi connectivity index (χ3v) is 8.92. The number of hydrogen-bond acceptors (Lipinski definition) is 6. The Bertz CT molecular complexity index is 1180. The molecular formula is C24H27N3O4S2. The smallest absolute Gasteiger partial charge is 0.252 e. The molecule has 9 heteroatoms. The van der Waals surface area contributed by atoms with E-state index in [1.165, 1.54) is 15.6 Å². The number of thiophene rings is 1. The first-order valence-electron chi connectivity index (χ1n) is 10.9. The Morgan fingerprint density at radius 1 is 1.18 bits per heavy atom. The minimum absolute atomic E-state index is 0.117. The van der Waals surface area contributed by atoms with Gasteiger partial charge in [-0.2, -0.15) is 4.31 Å². The summed E-state index contributed by atoms with van der Waals surface area (Å²) in [4.78, 5) is 17.8. The molecule has 33 heavy (non-hydrogen) atoms. The van der Waals surface area contributed by atoms with Gasteiger partial charge in [0.05, 0.1) is 5.92 Å². The molecule has 1 aliphatic rings. The Hall–Kier alpha value is -2.75. The van der Waals surface area contributed by atoms with Crippen LogP contribution in [0.4, 0.5) is 0 Å². The molecule has 0 spiro atoms. The van der Waals surface area contributed by atoms with Crippen molar-refractivity contribution >= 4 is 27.3 Å². The molecule has 1 amide bonds. The maximum Gasteiger partial charge on any atom is 0.252 e. The molecule has 3 aromatic rings. The quantitative estimate of drug-likeness (QED) is 0.525. The van der Waals surface area contributed by atoms with E-state index in [1.54, 1.807) is 24.5 Å². The lowest BCUT2D eigenvalue weighted by molar-refractivity contribution is -0.126. The normalized spacial score (nSPS) is 16.9. The highest BCUT2D eigenvalue weighted by molar-refractivity contribution is 7.91. The number of aryl methyl sites for hydroxylation is 1. The van der Waals surface area contributed by atoms with Gasteiger partial charge >= 0.3 is 0 Å². The Kier molecular flexibility index (Phi) is 7.42. The number of rotatable bonds is 8. The Balaban J connectivity index is 1.28. The van der Waals surface area contributed by atoms with Gasteiger partial charge < -0.3 is 10.1 Å². The predicted octanol–water partition coefficient (Wildman–Crippen LogP) is 3.75. The van der Waals surface area contributed by atoms with Gasteiger partial charge in [0.1, 0.15) is 16.6 Å². The summed E-state index contributed by atoms with van der Waals surface area (Å²) in [5, 5.41) is 2.95. The number of aromatic nitrogens is 1. The molecule has 1 fully saturated rings. The second-order valence-electron chi connectivity index (χ2n) is 8.08. The minimum Gasteiger partial charge on any atom is -0.489 e. The highest BCUT2D eigenvalue weighted by atomic mass is 32.2. The summed E-state index contributed by atoms with van der Waals surface area (Å²) in [5.74, 6) is 0.275. The molecule has 0 saturated carbocycles. The second-order valence-corrected chi connectivity index (χ2v) is 11.5. The van der Waals surface area contributed by atoms with Gasteiger partial charge in [0.15, 0.2) is 0 Å². The van der Waals surface area contributed by atoms with E-state index >= 15 is 0 Å². The lowest BCUT2D eigenvalue weighted by Crippen LogP contribution is -2.45. The summed E-state index contributed by atoms with van der Waals surface area (Å²) in [6.07, 6.45) is 4.84. The fraction of sp³-hybridized carbons (Fsp3) is 0.333. The number of amides is 1. The van der Waals surface area contributed by atoms with E-state index in [0.717, 1.165) is 21.8 Å². The molecular weight excluding hydrogens is 458 g/mol. The average molecular weight is 486 g/mol. The summed E-state index contributed by atoms with van der Waals surface area (Å²) < 4.78 is 33.4. The summed E-state index contributed by atoms with van der Waals surface area (Å²) in [6, 6.07) is 14.8. The maximum absolute atomic E-state index is 12.9. The summed E-state index contributed by atoms with van der Waals surface area (Å²) >= 11 is 1.27. The van der Waals surface area contributed by atoms with E-state index in [2.05, 4.69) is 10.3 Å². The van der Waals surface area contributed by atoms with Gasteiger partial charge in [-0.05, 0) is 55.7 Å². The number of hydrogen-bond donors (Lipinski definition) is 1. The first kappa shape index (κ1) is 23.4. The molecule has 2 aromatic heterocycles. The number of piperidine rings is 1. The topological polar surface area (TPSA) is 88.6 Å². The number of benzene rings is 1. The molecule has 7 nitrogen and oxygen atoms in total. The molecule has 3 heterocycles. The van der Waals surface area contributed by atoms with E-state index in [1.807, 2.05) is 43.3 Å². The number of nitrogens with one attached hydrogen (secondary N) is 1. The van der Waals surface area contributed by atoms with Gasteiger partial charge in [0.2, 0.25) is 5.91 Å². The van der Waals surface area contributed by atoms with Crippen LogP contribution >= 0.6 is 11.3 Å². The number of pyridine rings is 1. The lowest BCUT2D eigenvalue weighted by atomic mass is 9.99. The van der Waals surface area contributed by atoms with Crippen LogP contribution in [0.5, 0.6) is 5.75 Å². The zero-order valence-corrected chi connectivity index (χ0v) is 20.1. The van der Waals surface area contributed by atoms with Crippen LogP contribution in [0.2, 0.25) is 0 Å². The van der Waals surface area contributed by atoms with Crippen LogP contribution in [0.3, 0.4) is 0 Å². The van der Waals surface area contributed by atoms with E-state index in [4.69, 9.17) is 4.74 Å². The molecule has 0 aliphatic carbocycles. The maximum atomic E-state index is 12.9. The van der Waals surface area contributed by atoms with Crippen LogP contribution < -0.4 is 10.1 Å². The molecule has 1 aromatic carbocycles. The highest BCUT2D eigenvalue weighted by Gasteiger charge is 2.33. The SMILES string of the molecule is Cc1ccc(S(=O)(=O)N2CCCC(C(=O)NCc3ccc(OCc4cccnc4)cc3)C2)s1. The van der Waals surface area contributed by atoms with Crippen molar-refractivity contribution in [1.82, 2.24) is 14.6 Å². The number of ether oxygens (including phenoxy) is 1. The van der Waals surface area contributed by atoms with Crippen LogP contribution in [-0.4, -0.2) is 36.7 Å². The summed E-state index contributed by atoms with van der Waals surface area (Å²) in [7, 11) is -3.55. The Labute approximate surface area is 198 Å². The van der Waals surface area contributed by atoms with E-state index in [-0.39, 0.29) is 18.4 Å². The van der Waals surface area contributed by atoms with E-state index in [9.17, 15) is 13.2 Å². The fourth-order valence-electron chi connectivity index (χ4n) is 3.74. The molecule has 0 radical (unpaired) electrons. The van der Waals surface area contributed by atoms with Gasteiger partial charge in [-0.3, -0.25) is 9.78 Å². The zero-order chi connectivity index (χ0) is 23.3. The van der Waals surface area contributed by atoms with Crippen molar-refractivity contribution in [3.63, 3.8) is 0 Å². The predicted molar refractivity (Wildman–Crippen MR) is 127 cm³/mol. The standard InChI is InChI=1S/C24H27N3O4S2/c1-18-6-11-23(32-18)33(29,30)27-13-3-5-21(16-27)24(28)26-15-19-7-9-22(10-8-19)31-17-20-4-2-12-25-14-20/h2,4,6-12,14,21H,3,5,13,15-17H2,1H3,(H,26,28). The van der Waals surface area contributed by atoms with Gasteiger partial charge in [-0.15, -0.1) is 11.3 Å². The van der Waals surface area contributed by atoms with Crippen LogP contribution in [0.15, 0.2) is 65.1 Å². The van der Waals surface area contributed by atoms with Gasteiger partial charge in [-0.1, -0.05) is 18.2 Å². The first-order valence-corrected chi connectivity index (χ1v) is 13.1. The van der Waals surface area contributed by atoms with Crippen molar-refractivity contribution in [2.24, 2.45) is 5.92 Å². The first-order chi connectivity index (χ1) is 15.9. The number of carbonyl (C=O) groups excluding carboxylic acids is 1. The average Bonchev–Trinajstić information content (AvgIpc) is 3.30. The molecule has 0 bridgehead atoms. The molecule has 1 atom stereocenters. The van der Waals surface area contributed by atoms with Crippen molar-refractivity contribution in [1.29, 1.82) is 0 Å². The van der Waals surface area contributed by atoms with Crippen molar-refractivity contribution in [2.75, 3.05) is 13.1 Å². The molecule has 174 valence electrons. The lowest BCUT2D eigenvalue weighted by Gasteiger charge is -2.30. The largest absolute Gasteiger partial charge is 0.489 e. The van der Waals surface area contributed by atoms with Gasteiger partial charge in [0, 0.05) is 42.5 Å². The summed E-state index contributed by atoms with van der Waals surface area (Å²) in [6.45, 7) is 3.37. The van der Waals surface area contributed by atoms with Gasteiger partial charge in [-0.25, -0.2) is 8.42 Å². The second kappa shape index (κ2) is 10.5. The van der Waals surface area contributed by atoms with Crippen LogP contribution in [0.1, 0.15) is 28.8 Å². The zero-order valence-electron chi connectivity index (χ0n) is 18.4. The molecule has 1 aliphatic heterocycles. The fourth-order valence-corrected chi connectivity index (χ4v) is 6.70. The number of sulfonamides is 1. The van der Waals surface area contributed by atoms with Crippen molar-refractivity contribution in [3.8, 4) is 5.75 Å². The molecule has 1 saturated heterocycles. The molecule has 4 rings (SSSR count). The van der Waals surface area contributed by atoms with E-state index in [0.29, 0.717) is 36.7 Å². The third-order valence-electron chi connectivity index (χ3n) is 5.58.